The van der Waals surface area contributed by atoms with Gasteiger partial charge in [-0.3, -0.25) is 0 Å². The molecule has 0 saturated heterocycles. The molecule has 1 N–H and O–H groups in total. The van der Waals surface area contributed by atoms with E-state index in [1.165, 1.54) is 0 Å². The van der Waals surface area contributed by atoms with E-state index in [4.69, 9.17) is 9.15 Å². The summed E-state index contributed by atoms with van der Waals surface area (Å²) in [4.78, 5) is 11.5. The molecule has 0 unspecified atom stereocenters. The van der Waals surface area contributed by atoms with Crippen LogP contribution in [0.15, 0.2) is 16.7 Å². The average molecular weight is 195 g/mol. The first-order valence-electron chi connectivity index (χ1n) is 4.79. The molecule has 0 bridgehead atoms. The fourth-order valence-corrected chi connectivity index (χ4v) is 1.69. The Morgan fingerprint density at radius 2 is 2.64 bits per heavy atom. The van der Waals surface area contributed by atoms with Crippen LogP contribution in [-0.2, 0) is 16.0 Å². The van der Waals surface area contributed by atoms with Gasteiger partial charge in [0.25, 0.3) is 0 Å². The number of hydrogen-bond acceptors (Lipinski definition) is 4. The van der Waals surface area contributed by atoms with Gasteiger partial charge in [0.1, 0.15) is 11.8 Å². The molecular weight excluding hydrogens is 182 g/mol. The van der Waals surface area contributed by atoms with Crippen LogP contribution in [0.3, 0.4) is 0 Å². The minimum atomic E-state index is -0.350. The first-order chi connectivity index (χ1) is 6.83. The van der Waals surface area contributed by atoms with E-state index in [1.807, 2.05) is 6.07 Å². The molecule has 0 spiro atoms. The van der Waals surface area contributed by atoms with Crippen molar-refractivity contribution in [3.63, 3.8) is 0 Å². The lowest BCUT2D eigenvalue weighted by Crippen LogP contribution is -2.35. The van der Waals surface area contributed by atoms with Crippen LogP contribution in [0.5, 0.6) is 0 Å². The Balaban J connectivity index is 2.19. The predicted molar refractivity (Wildman–Crippen MR) is 49.8 cm³/mol. The molecule has 2 rings (SSSR count). The van der Waals surface area contributed by atoms with Crippen molar-refractivity contribution in [3.05, 3.63) is 23.7 Å². The standard InChI is InChI=1S/C10H13NO3/c1-2-13-10(12)9-7-4-6-14-8(7)3-5-11-9/h4,6,9,11H,2-3,5H2,1H3/t9-/m1/s1. The monoisotopic (exact) mass is 195 g/mol. The second-order valence-electron chi connectivity index (χ2n) is 3.19. The van der Waals surface area contributed by atoms with Gasteiger partial charge in [-0.25, -0.2) is 4.79 Å². The highest BCUT2D eigenvalue weighted by molar-refractivity contribution is 5.78. The van der Waals surface area contributed by atoms with Crippen molar-refractivity contribution in [2.75, 3.05) is 13.2 Å². The smallest absolute Gasteiger partial charge is 0.327 e. The molecule has 0 aromatic carbocycles. The van der Waals surface area contributed by atoms with E-state index in [2.05, 4.69) is 5.32 Å². The molecule has 1 aliphatic rings. The molecular formula is C10H13NO3. The summed E-state index contributed by atoms with van der Waals surface area (Å²) < 4.78 is 10.2. The van der Waals surface area contributed by atoms with Gasteiger partial charge in [-0.05, 0) is 13.0 Å². The van der Waals surface area contributed by atoms with Gasteiger partial charge in [-0.2, -0.15) is 0 Å². The van der Waals surface area contributed by atoms with Gasteiger partial charge >= 0.3 is 5.97 Å². The summed E-state index contributed by atoms with van der Waals surface area (Å²) in [6.45, 7) is 2.96. The van der Waals surface area contributed by atoms with Crippen molar-refractivity contribution in [2.45, 2.75) is 19.4 Å². The Morgan fingerprint density at radius 3 is 3.43 bits per heavy atom. The molecule has 0 saturated carbocycles. The minimum Gasteiger partial charge on any atom is -0.469 e. The summed E-state index contributed by atoms with van der Waals surface area (Å²) in [5.74, 6) is 0.664. The average Bonchev–Trinajstić information content (AvgIpc) is 2.65. The number of esters is 1. The molecule has 4 heteroatoms. The Hall–Kier alpha value is -1.29. The van der Waals surface area contributed by atoms with E-state index < -0.39 is 0 Å². The zero-order valence-electron chi connectivity index (χ0n) is 8.08. The Bertz CT molecular complexity index is 332. The van der Waals surface area contributed by atoms with E-state index in [1.54, 1.807) is 13.2 Å². The van der Waals surface area contributed by atoms with E-state index in [0.717, 1.165) is 24.3 Å². The van der Waals surface area contributed by atoms with Gasteiger partial charge in [0.2, 0.25) is 0 Å². The Kier molecular flexibility index (Phi) is 2.54. The van der Waals surface area contributed by atoms with Gasteiger partial charge in [0.05, 0.1) is 12.9 Å². The lowest BCUT2D eigenvalue weighted by molar-refractivity contribution is -0.146. The van der Waals surface area contributed by atoms with Crippen LogP contribution in [0.4, 0.5) is 0 Å². The zero-order valence-corrected chi connectivity index (χ0v) is 8.08. The van der Waals surface area contributed by atoms with Gasteiger partial charge in [-0.15, -0.1) is 0 Å². The molecule has 4 nitrogen and oxygen atoms in total. The summed E-state index contributed by atoms with van der Waals surface area (Å²) in [6.07, 6.45) is 2.45. The predicted octanol–water partition coefficient (Wildman–Crippen LogP) is 1.03. The molecule has 0 radical (unpaired) electrons. The van der Waals surface area contributed by atoms with Crippen molar-refractivity contribution in [1.82, 2.24) is 5.32 Å². The highest BCUT2D eigenvalue weighted by Crippen LogP contribution is 2.24. The molecule has 0 aliphatic carbocycles. The zero-order chi connectivity index (χ0) is 9.97. The Morgan fingerprint density at radius 1 is 1.79 bits per heavy atom. The quantitative estimate of drug-likeness (QED) is 0.716. The third-order valence-electron chi connectivity index (χ3n) is 2.31. The van der Waals surface area contributed by atoms with Gasteiger partial charge < -0.3 is 14.5 Å². The fraction of sp³-hybridized carbons (Fsp3) is 0.500. The lowest BCUT2D eigenvalue weighted by Gasteiger charge is -2.21. The number of rotatable bonds is 2. The van der Waals surface area contributed by atoms with Crippen molar-refractivity contribution in [1.29, 1.82) is 0 Å². The molecule has 0 fully saturated rings. The van der Waals surface area contributed by atoms with Gasteiger partial charge in [0.15, 0.2) is 0 Å². The topological polar surface area (TPSA) is 51.5 Å². The fourth-order valence-electron chi connectivity index (χ4n) is 1.69. The SMILES string of the molecule is CCOC(=O)[C@@H]1NCCc2occc21. The van der Waals surface area contributed by atoms with Crippen molar-refractivity contribution < 1.29 is 13.9 Å². The summed E-state index contributed by atoms with van der Waals surface area (Å²) in [5, 5.41) is 3.11. The first-order valence-corrected chi connectivity index (χ1v) is 4.79. The van der Waals surface area contributed by atoms with Crippen LogP contribution in [-0.4, -0.2) is 19.1 Å². The molecule has 1 aliphatic heterocycles. The highest BCUT2D eigenvalue weighted by Gasteiger charge is 2.28. The summed E-state index contributed by atoms with van der Waals surface area (Å²) >= 11 is 0. The summed E-state index contributed by atoms with van der Waals surface area (Å²) in [5.41, 5.74) is 0.912. The van der Waals surface area contributed by atoms with Crippen LogP contribution >= 0.6 is 0 Å². The van der Waals surface area contributed by atoms with E-state index in [-0.39, 0.29) is 12.0 Å². The maximum atomic E-state index is 11.5. The summed E-state index contributed by atoms with van der Waals surface area (Å²) in [7, 11) is 0. The van der Waals surface area contributed by atoms with Crippen molar-refractivity contribution in [3.8, 4) is 0 Å². The van der Waals surface area contributed by atoms with Crippen LogP contribution in [0.1, 0.15) is 24.3 Å². The largest absolute Gasteiger partial charge is 0.469 e. The first kappa shape index (κ1) is 9.27. The lowest BCUT2D eigenvalue weighted by atomic mass is 10.0. The van der Waals surface area contributed by atoms with E-state index in [0.29, 0.717) is 6.61 Å². The maximum absolute atomic E-state index is 11.5. The molecule has 2 heterocycles. The maximum Gasteiger partial charge on any atom is 0.327 e. The molecule has 76 valence electrons. The second kappa shape index (κ2) is 3.84. The second-order valence-corrected chi connectivity index (χ2v) is 3.19. The molecule has 1 atom stereocenters. The van der Waals surface area contributed by atoms with Crippen molar-refractivity contribution >= 4 is 5.97 Å². The minimum absolute atomic E-state index is 0.227. The van der Waals surface area contributed by atoms with E-state index in [9.17, 15) is 4.79 Å². The number of ether oxygens (including phenoxy) is 1. The number of furan rings is 1. The van der Waals surface area contributed by atoms with Crippen LogP contribution in [0.2, 0.25) is 0 Å². The number of fused-ring (bicyclic) bond motifs is 1. The van der Waals surface area contributed by atoms with Crippen LogP contribution in [0, 0.1) is 0 Å². The van der Waals surface area contributed by atoms with Crippen molar-refractivity contribution in [2.24, 2.45) is 0 Å². The number of carbonyl (C=O) groups is 1. The molecule has 1 aromatic heterocycles. The molecule has 1 aromatic rings. The van der Waals surface area contributed by atoms with Gasteiger partial charge in [-0.1, -0.05) is 0 Å². The third-order valence-corrected chi connectivity index (χ3v) is 2.31. The molecule has 0 amide bonds. The number of carbonyl (C=O) groups excluding carboxylic acids is 1. The van der Waals surface area contributed by atoms with E-state index >= 15 is 0 Å². The Labute approximate surface area is 82.2 Å². The number of nitrogens with one attached hydrogen (secondary N) is 1. The third kappa shape index (κ3) is 1.53. The van der Waals surface area contributed by atoms with Crippen LogP contribution in [0.25, 0.3) is 0 Å². The highest BCUT2D eigenvalue weighted by atomic mass is 16.5. The summed E-state index contributed by atoms with van der Waals surface area (Å²) in [6, 6.07) is 1.47. The molecule has 14 heavy (non-hydrogen) atoms. The van der Waals surface area contributed by atoms with Gasteiger partial charge in [0, 0.05) is 18.5 Å². The van der Waals surface area contributed by atoms with Crippen LogP contribution < -0.4 is 5.32 Å². The number of hydrogen-bond donors (Lipinski definition) is 1. The normalized spacial score (nSPS) is 20.2.